The van der Waals surface area contributed by atoms with Gasteiger partial charge in [-0.2, -0.15) is 5.26 Å². The van der Waals surface area contributed by atoms with Gasteiger partial charge in [-0.25, -0.2) is 0 Å². The van der Waals surface area contributed by atoms with Crippen LogP contribution in [0.5, 0.6) is 0 Å². The summed E-state index contributed by atoms with van der Waals surface area (Å²) in [6, 6.07) is 2.14. The van der Waals surface area contributed by atoms with Gasteiger partial charge >= 0.3 is 0 Å². The highest BCUT2D eigenvalue weighted by Gasteiger charge is 2.09. The Morgan fingerprint density at radius 3 is 2.67 bits per heavy atom. The second-order valence-electron chi connectivity index (χ2n) is 3.01. The molecule has 0 saturated carbocycles. The molecule has 2 heteroatoms. The van der Waals surface area contributed by atoms with Crippen LogP contribution in [0.4, 0.5) is 0 Å². The van der Waals surface area contributed by atoms with Crippen LogP contribution in [0.1, 0.15) is 26.2 Å². The van der Waals surface area contributed by atoms with Crippen LogP contribution in [0, 0.1) is 17.2 Å². The van der Waals surface area contributed by atoms with Crippen LogP contribution in [0.25, 0.3) is 0 Å². The van der Waals surface area contributed by atoms with Gasteiger partial charge in [0, 0.05) is 5.57 Å². The molecule has 0 aliphatic rings. The quantitative estimate of drug-likeness (QED) is 0.613. The van der Waals surface area contributed by atoms with Crippen molar-refractivity contribution in [2.24, 2.45) is 5.92 Å². The fourth-order valence-electron chi connectivity index (χ4n) is 1.25. The summed E-state index contributed by atoms with van der Waals surface area (Å²) in [5.41, 5.74) is 0.729. The van der Waals surface area contributed by atoms with Crippen LogP contribution in [0.15, 0.2) is 12.2 Å². The molecule has 0 aliphatic carbocycles. The first-order chi connectivity index (χ1) is 5.76. The molecule has 12 heavy (non-hydrogen) atoms. The molecule has 2 nitrogen and oxygen atoms in total. The highest BCUT2D eigenvalue weighted by molar-refractivity contribution is 5.19. The standard InChI is InChI=1S/C10H18N2/c1-4-5-10(6-7-12-3)9(2)8-11/h10,12H,2,4-7H2,1,3H3. The van der Waals surface area contributed by atoms with Crippen LogP contribution in [0.2, 0.25) is 0 Å². The molecule has 1 N–H and O–H groups in total. The molecule has 0 saturated heterocycles. The molecular weight excluding hydrogens is 148 g/mol. The summed E-state index contributed by atoms with van der Waals surface area (Å²) in [7, 11) is 1.93. The Morgan fingerprint density at radius 1 is 1.58 bits per heavy atom. The normalized spacial score (nSPS) is 12.1. The molecule has 0 fully saturated rings. The van der Waals surface area contributed by atoms with E-state index < -0.39 is 0 Å². The van der Waals surface area contributed by atoms with Crippen molar-refractivity contribution in [1.82, 2.24) is 5.32 Å². The fourth-order valence-corrected chi connectivity index (χ4v) is 1.25. The molecular formula is C10H18N2. The molecule has 0 spiro atoms. The number of nitriles is 1. The topological polar surface area (TPSA) is 35.8 Å². The summed E-state index contributed by atoms with van der Waals surface area (Å²) in [4.78, 5) is 0. The first-order valence-electron chi connectivity index (χ1n) is 4.49. The summed E-state index contributed by atoms with van der Waals surface area (Å²) in [5.74, 6) is 0.382. The highest BCUT2D eigenvalue weighted by atomic mass is 14.8. The largest absolute Gasteiger partial charge is 0.320 e. The molecule has 68 valence electrons. The lowest BCUT2D eigenvalue weighted by molar-refractivity contribution is 0.509. The molecule has 1 unspecified atom stereocenters. The predicted molar refractivity (Wildman–Crippen MR) is 51.7 cm³/mol. The maximum atomic E-state index is 8.66. The third-order valence-electron chi connectivity index (χ3n) is 2.02. The monoisotopic (exact) mass is 166 g/mol. The van der Waals surface area contributed by atoms with Crippen molar-refractivity contribution in [3.05, 3.63) is 12.2 Å². The molecule has 0 aromatic rings. The van der Waals surface area contributed by atoms with Gasteiger partial charge in [-0.1, -0.05) is 19.9 Å². The summed E-state index contributed by atoms with van der Waals surface area (Å²) >= 11 is 0. The average molecular weight is 166 g/mol. The number of rotatable bonds is 6. The number of allylic oxidation sites excluding steroid dienone is 1. The van der Waals surface area contributed by atoms with Crippen molar-refractivity contribution in [2.75, 3.05) is 13.6 Å². The zero-order valence-electron chi connectivity index (χ0n) is 8.06. The van der Waals surface area contributed by atoms with E-state index >= 15 is 0 Å². The van der Waals surface area contributed by atoms with Gasteiger partial charge in [0.05, 0.1) is 6.07 Å². The average Bonchev–Trinajstić information content (AvgIpc) is 2.11. The molecule has 0 aromatic heterocycles. The van der Waals surface area contributed by atoms with Gasteiger partial charge in [0.25, 0.3) is 0 Å². The lowest BCUT2D eigenvalue weighted by Crippen LogP contribution is -2.14. The minimum absolute atomic E-state index is 0.382. The SMILES string of the molecule is C=C(C#N)C(CCC)CCNC. The van der Waals surface area contributed by atoms with E-state index in [-0.39, 0.29) is 0 Å². The first kappa shape index (κ1) is 11.2. The van der Waals surface area contributed by atoms with Gasteiger partial charge in [-0.15, -0.1) is 0 Å². The molecule has 1 atom stereocenters. The number of nitrogens with zero attached hydrogens (tertiary/aromatic N) is 1. The molecule has 0 heterocycles. The highest BCUT2D eigenvalue weighted by Crippen LogP contribution is 2.18. The molecule has 0 rings (SSSR count). The van der Waals surface area contributed by atoms with E-state index in [0.29, 0.717) is 5.92 Å². The first-order valence-corrected chi connectivity index (χ1v) is 4.49. The van der Waals surface area contributed by atoms with Gasteiger partial charge < -0.3 is 5.32 Å². The van der Waals surface area contributed by atoms with Gasteiger partial charge in [0.1, 0.15) is 0 Å². The van der Waals surface area contributed by atoms with E-state index in [0.717, 1.165) is 31.4 Å². The summed E-state index contributed by atoms with van der Waals surface area (Å²) in [6.45, 7) is 6.86. The van der Waals surface area contributed by atoms with Crippen molar-refractivity contribution >= 4 is 0 Å². The fraction of sp³-hybridized carbons (Fsp3) is 0.700. The Labute approximate surface area is 75.3 Å². The summed E-state index contributed by atoms with van der Waals surface area (Å²) in [5, 5.41) is 11.7. The third-order valence-corrected chi connectivity index (χ3v) is 2.02. The zero-order chi connectivity index (χ0) is 9.40. The van der Waals surface area contributed by atoms with E-state index in [1.165, 1.54) is 0 Å². The van der Waals surface area contributed by atoms with E-state index in [2.05, 4.69) is 24.9 Å². The van der Waals surface area contributed by atoms with E-state index in [1.807, 2.05) is 7.05 Å². The minimum atomic E-state index is 0.382. The lowest BCUT2D eigenvalue weighted by atomic mass is 9.93. The van der Waals surface area contributed by atoms with Gasteiger partial charge in [-0.05, 0) is 32.4 Å². The maximum absolute atomic E-state index is 8.66. The number of hydrogen-bond acceptors (Lipinski definition) is 2. The minimum Gasteiger partial charge on any atom is -0.320 e. The van der Waals surface area contributed by atoms with Crippen LogP contribution in [-0.2, 0) is 0 Å². The Bertz CT molecular complexity index is 167. The second kappa shape index (κ2) is 6.87. The number of nitrogens with one attached hydrogen (secondary N) is 1. The molecule has 0 aliphatic heterocycles. The molecule has 0 aromatic carbocycles. The van der Waals surface area contributed by atoms with E-state index in [9.17, 15) is 0 Å². The Hall–Kier alpha value is -0.810. The Balaban J connectivity index is 3.87. The van der Waals surface area contributed by atoms with Crippen LogP contribution in [-0.4, -0.2) is 13.6 Å². The van der Waals surface area contributed by atoms with Crippen molar-refractivity contribution in [2.45, 2.75) is 26.2 Å². The number of hydrogen-bond donors (Lipinski definition) is 1. The van der Waals surface area contributed by atoms with Gasteiger partial charge in [-0.3, -0.25) is 0 Å². The van der Waals surface area contributed by atoms with Crippen molar-refractivity contribution in [3.8, 4) is 6.07 Å². The van der Waals surface area contributed by atoms with Gasteiger partial charge in [0.15, 0.2) is 0 Å². The third kappa shape index (κ3) is 4.15. The van der Waals surface area contributed by atoms with Crippen LogP contribution >= 0.6 is 0 Å². The summed E-state index contributed by atoms with van der Waals surface area (Å²) in [6.07, 6.45) is 3.22. The van der Waals surface area contributed by atoms with Crippen LogP contribution in [0.3, 0.4) is 0 Å². The lowest BCUT2D eigenvalue weighted by Gasteiger charge is -2.13. The van der Waals surface area contributed by atoms with Gasteiger partial charge in [0.2, 0.25) is 0 Å². The summed E-state index contributed by atoms with van der Waals surface area (Å²) < 4.78 is 0. The van der Waals surface area contributed by atoms with Crippen molar-refractivity contribution in [1.29, 1.82) is 5.26 Å². The second-order valence-corrected chi connectivity index (χ2v) is 3.01. The van der Waals surface area contributed by atoms with E-state index in [1.54, 1.807) is 0 Å². The molecule has 0 amide bonds. The van der Waals surface area contributed by atoms with Crippen LogP contribution < -0.4 is 5.32 Å². The molecule has 0 bridgehead atoms. The van der Waals surface area contributed by atoms with Crippen molar-refractivity contribution in [3.63, 3.8) is 0 Å². The zero-order valence-corrected chi connectivity index (χ0v) is 8.06. The molecule has 0 radical (unpaired) electrons. The maximum Gasteiger partial charge on any atom is 0.0943 e. The van der Waals surface area contributed by atoms with Crippen molar-refractivity contribution < 1.29 is 0 Å². The predicted octanol–water partition coefficient (Wildman–Crippen LogP) is 2.09. The van der Waals surface area contributed by atoms with E-state index in [4.69, 9.17) is 5.26 Å². The Morgan fingerprint density at radius 2 is 2.25 bits per heavy atom. The Kier molecular flexibility index (Phi) is 6.41. The smallest absolute Gasteiger partial charge is 0.0943 e.